The van der Waals surface area contributed by atoms with Crippen molar-refractivity contribution in [2.75, 3.05) is 17.1 Å². The molecule has 1 heterocycles. The van der Waals surface area contributed by atoms with Crippen LogP contribution < -0.4 is 20.2 Å². The molecule has 10 nitrogen and oxygen atoms in total. The number of hydrazone groups is 1. The van der Waals surface area contributed by atoms with Gasteiger partial charge in [0, 0.05) is 10.7 Å². The number of phenolic OH excluding ortho intramolecular Hbond substituents is 1. The van der Waals surface area contributed by atoms with Crippen LogP contribution in [0.15, 0.2) is 88.9 Å². The Balaban J connectivity index is 1.38. The first-order chi connectivity index (χ1) is 20.1. The Morgan fingerprint density at radius 3 is 2.52 bits per heavy atom. The van der Waals surface area contributed by atoms with Gasteiger partial charge in [-0.3, -0.25) is 9.52 Å². The van der Waals surface area contributed by atoms with Gasteiger partial charge in [0.1, 0.15) is 17.3 Å². The Hall–Kier alpha value is -4.72. The van der Waals surface area contributed by atoms with Gasteiger partial charge in [0.15, 0.2) is 5.13 Å². The Morgan fingerprint density at radius 1 is 1.07 bits per heavy atom. The zero-order chi connectivity index (χ0) is 29.9. The van der Waals surface area contributed by atoms with E-state index >= 15 is 0 Å². The second kappa shape index (κ2) is 12.0. The summed E-state index contributed by atoms with van der Waals surface area (Å²) in [4.78, 5) is 16.9. The zero-order valence-corrected chi connectivity index (χ0v) is 24.0. The number of aromatic hydroxyl groups is 1. The molecule has 0 aliphatic carbocycles. The highest BCUT2D eigenvalue weighted by atomic mass is 35.5. The standard InChI is InChI=1S/C28H21ClFN5O5S2/c1-40-24-13-10-20(14-21(24)27(37)34-31-15-16-2-8-19(36)9-3-16)42(38,39)35-28-33-23-12-11-22(30)25(26(23)41-28)32-18-6-4-17(29)5-7-18/h2-15,32,36H,1H3,(H,33,35)(H,34,37)/b31-15+. The number of fused-ring (bicyclic) bond motifs is 1. The predicted molar refractivity (Wildman–Crippen MR) is 161 cm³/mol. The number of aromatic nitrogens is 1. The quantitative estimate of drug-likeness (QED) is 0.114. The first-order valence-electron chi connectivity index (χ1n) is 12.1. The molecule has 0 bridgehead atoms. The molecule has 1 aromatic heterocycles. The summed E-state index contributed by atoms with van der Waals surface area (Å²) < 4.78 is 49.4. The van der Waals surface area contributed by atoms with Gasteiger partial charge in [-0.1, -0.05) is 22.9 Å². The number of hydrogen-bond donors (Lipinski definition) is 4. The van der Waals surface area contributed by atoms with E-state index in [9.17, 15) is 22.7 Å². The predicted octanol–water partition coefficient (Wildman–Crippen LogP) is 6.11. The third kappa shape index (κ3) is 6.43. The van der Waals surface area contributed by atoms with Crippen molar-refractivity contribution in [1.82, 2.24) is 10.4 Å². The lowest BCUT2D eigenvalue weighted by molar-refractivity contribution is 0.0952. The van der Waals surface area contributed by atoms with Gasteiger partial charge >= 0.3 is 0 Å². The number of thiazole rings is 1. The second-order valence-corrected chi connectivity index (χ2v) is 11.8. The molecule has 0 atom stereocenters. The van der Waals surface area contributed by atoms with E-state index in [-0.39, 0.29) is 32.8 Å². The molecule has 0 unspecified atom stereocenters. The lowest BCUT2D eigenvalue weighted by atomic mass is 10.2. The molecule has 14 heteroatoms. The highest BCUT2D eigenvalue weighted by Crippen LogP contribution is 2.37. The van der Waals surface area contributed by atoms with E-state index in [1.54, 1.807) is 36.4 Å². The SMILES string of the molecule is COc1ccc(S(=O)(=O)Nc2nc3ccc(F)c(Nc4ccc(Cl)cc4)c3s2)cc1C(=O)N/N=C/c1ccc(O)cc1. The molecule has 214 valence electrons. The lowest BCUT2D eigenvalue weighted by Crippen LogP contribution is -2.20. The van der Waals surface area contributed by atoms with Crippen LogP contribution in [0.1, 0.15) is 15.9 Å². The molecule has 5 aromatic rings. The fourth-order valence-corrected chi connectivity index (χ4v) is 6.14. The highest BCUT2D eigenvalue weighted by Gasteiger charge is 2.22. The second-order valence-electron chi connectivity index (χ2n) is 8.68. The minimum absolute atomic E-state index is 0.00456. The molecule has 0 aliphatic heterocycles. The lowest BCUT2D eigenvalue weighted by Gasteiger charge is -2.10. The number of methoxy groups -OCH3 is 1. The maximum atomic E-state index is 14.8. The van der Waals surface area contributed by atoms with Crippen LogP contribution in [0, 0.1) is 5.82 Å². The van der Waals surface area contributed by atoms with Crippen LogP contribution in [0.5, 0.6) is 11.5 Å². The maximum Gasteiger partial charge on any atom is 0.275 e. The van der Waals surface area contributed by atoms with Crippen molar-refractivity contribution in [3.05, 3.63) is 101 Å². The van der Waals surface area contributed by atoms with Crippen molar-refractivity contribution in [2.45, 2.75) is 4.90 Å². The summed E-state index contributed by atoms with van der Waals surface area (Å²) in [6.07, 6.45) is 1.36. The monoisotopic (exact) mass is 625 g/mol. The van der Waals surface area contributed by atoms with Gasteiger partial charge < -0.3 is 15.2 Å². The number of nitrogens with zero attached hydrogens (tertiary/aromatic N) is 2. The van der Waals surface area contributed by atoms with Crippen LogP contribution in [-0.4, -0.2) is 37.7 Å². The number of amides is 1. The molecule has 0 radical (unpaired) electrons. The molecule has 0 saturated carbocycles. The van der Waals surface area contributed by atoms with Crippen molar-refractivity contribution in [3.63, 3.8) is 0 Å². The molecule has 0 spiro atoms. The van der Waals surface area contributed by atoms with Crippen molar-refractivity contribution < 1.29 is 27.4 Å². The van der Waals surface area contributed by atoms with E-state index in [0.717, 1.165) is 17.4 Å². The fourth-order valence-electron chi connectivity index (χ4n) is 3.80. The number of hydrogen-bond acceptors (Lipinski definition) is 9. The van der Waals surface area contributed by atoms with Crippen LogP contribution in [0.3, 0.4) is 0 Å². The Morgan fingerprint density at radius 2 is 1.81 bits per heavy atom. The van der Waals surface area contributed by atoms with Crippen LogP contribution in [0.4, 0.5) is 20.9 Å². The number of halogens is 2. The number of nitrogens with one attached hydrogen (secondary N) is 3. The van der Waals surface area contributed by atoms with Crippen molar-refractivity contribution in [1.29, 1.82) is 0 Å². The van der Waals surface area contributed by atoms with E-state index in [0.29, 0.717) is 26.5 Å². The number of sulfonamides is 1. The van der Waals surface area contributed by atoms with Gasteiger partial charge in [0.25, 0.3) is 15.9 Å². The maximum absolute atomic E-state index is 14.8. The number of carbonyl (C=O) groups is 1. The Bertz CT molecular complexity index is 1910. The van der Waals surface area contributed by atoms with E-state index in [1.807, 2.05) is 0 Å². The van der Waals surface area contributed by atoms with Gasteiger partial charge in [0.05, 0.1) is 39.7 Å². The molecule has 4 N–H and O–H groups in total. The van der Waals surface area contributed by atoms with Crippen LogP contribution in [0.25, 0.3) is 10.2 Å². The summed E-state index contributed by atoms with van der Waals surface area (Å²) in [5.74, 6) is -1.05. The van der Waals surface area contributed by atoms with Gasteiger partial charge in [0.2, 0.25) is 0 Å². The normalized spacial score (nSPS) is 11.5. The average molecular weight is 626 g/mol. The topological polar surface area (TPSA) is 142 Å². The van der Waals surface area contributed by atoms with Crippen molar-refractivity contribution >= 4 is 71.8 Å². The summed E-state index contributed by atoms with van der Waals surface area (Å²) in [5, 5.41) is 16.8. The number of anilines is 3. The van der Waals surface area contributed by atoms with Crippen LogP contribution in [0.2, 0.25) is 5.02 Å². The molecular formula is C28H21ClFN5O5S2. The van der Waals surface area contributed by atoms with Crippen LogP contribution in [-0.2, 0) is 10.0 Å². The summed E-state index contributed by atoms with van der Waals surface area (Å²) in [5.41, 5.74) is 3.95. The van der Waals surface area contributed by atoms with E-state index < -0.39 is 21.7 Å². The molecule has 42 heavy (non-hydrogen) atoms. The fraction of sp³-hybridized carbons (Fsp3) is 0.0357. The highest BCUT2D eigenvalue weighted by molar-refractivity contribution is 7.93. The molecule has 0 fully saturated rings. The minimum atomic E-state index is -4.22. The molecule has 1 amide bonds. The molecule has 0 saturated heterocycles. The molecule has 4 aromatic carbocycles. The molecule has 5 rings (SSSR count). The third-order valence-corrected chi connectivity index (χ3v) is 8.56. The third-order valence-electron chi connectivity index (χ3n) is 5.84. The molecular weight excluding hydrogens is 605 g/mol. The number of phenols is 1. The summed E-state index contributed by atoms with van der Waals surface area (Å²) in [6.45, 7) is 0. The van der Waals surface area contributed by atoms with Gasteiger partial charge in [-0.25, -0.2) is 23.2 Å². The largest absolute Gasteiger partial charge is 0.508 e. The van der Waals surface area contributed by atoms with Crippen molar-refractivity contribution in [3.8, 4) is 11.5 Å². The van der Waals surface area contributed by atoms with Gasteiger partial charge in [-0.05, 0) is 84.4 Å². The average Bonchev–Trinajstić information content (AvgIpc) is 3.38. The van der Waals surface area contributed by atoms with Gasteiger partial charge in [-0.2, -0.15) is 5.10 Å². The summed E-state index contributed by atoms with van der Waals surface area (Å²) >= 11 is 6.87. The van der Waals surface area contributed by atoms with Crippen molar-refractivity contribution in [2.24, 2.45) is 5.10 Å². The number of carbonyl (C=O) groups excluding carboxylic acids is 1. The Labute approximate surface area is 248 Å². The minimum Gasteiger partial charge on any atom is -0.508 e. The first kappa shape index (κ1) is 28.8. The van der Waals surface area contributed by atoms with Gasteiger partial charge in [-0.15, -0.1) is 0 Å². The zero-order valence-electron chi connectivity index (χ0n) is 21.6. The molecule has 0 aliphatic rings. The number of rotatable bonds is 9. The summed E-state index contributed by atoms with van der Waals surface area (Å²) in [7, 11) is -2.88. The smallest absolute Gasteiger partial charge is 0.275 e. The van der Waals surface area contributed by atoms with E-state index in [4.69, 9.17) is 16.3 Å². The number of benzene rings is 4. The van der Waals surface area contributed by atoms with E-state index in [2.05, 4.69) is 25.6 Å². The number of ether oxygens (including phenoxy) is 1. The summed E-state index contributed by atoms with van der Waals surface area (Å²) in [6, 6.07) is 19.2. The first-order valence-corrected chi connectivity index (χ1v) is 14.8. The van der Waals surface area contributed by atoms with Crippen LogP contribution >= 0.6 is 22.9 Å². The van der Waals surface area contributed by atoms with E-state index in [1.165, 1.54) is 49.7 Å². The Kier molecular flexibility index (Phi) is 8.24.